The number of aromatic nitrogens is 2. The van der Waals surface area contributed by atoms with Crippen LogP contribution in [0.4, 0.5) is 4.79 Å². The molecular formula is C13H22N4O2. The molecule has 1 fully saturated rings. The summed E-state index contributed by atoms with van der Waals surface area (Å²) in [5.74, 6) is 0. The molecule has 106 valence electrons. The van der Waals surface area contributed by atoms with Gasteiger partial charge >= 0.3 is 6.03 Å². The molecule has 1 aromatic rings. The van der Waals surface area contributed by atoms with E-state index >= 15 is 0 Å². The summed E-state index contributed by atoms with van der Waals surface area (Å²) in [5.41, 5.74) is 0. The molecule has 2 atom stereocenters. The fraction of sp³-hybridized carbons (Fsp3) is 0.692. The number of hydrogen-bond acceptors (Lipinski definition) is 3. The summed E-state index contributed by atoms with van der Waals surface area (Å²) in [6.07, 6.45) is 8.61. The molecule has 0 saturated carbocycles. The second-order valence-corrected chi connectivity index (χ2v) is 4.89. The monoisotopic (exact) mass is 266 g/mol. The van der Waals surface area contributed by atoms with Gasteiger partial charge in [-0.25, -0.2) is 9.78 Å². The molecule has 0 aromatic carbocycles. The number of aryl methyl sites for hydroxylation is 1. The Hall–Kier alpha value is -1.56. The van der Waals surface area contributed by atoms with E-state index in [-0.39, 0.29) is 18.2 Å². The van der Waals surface area contributed by atoms with Gasteiger partial charge in [0.05, 0.1) is 18.5 Å². The van der Waals surface area contributed by atoms with Gasteiger partial charge in [-0.1, -0.05) is 0 Å². The lowest BCUT2D eigenvalue weighted by Gasteiger charge is -2.20. The van der Waals surface area contributed by atoms with Crippen LogP contribution in [0.25, 0.3) is 0 Å². The Morgan fingerprint density at radius 1 is 1.63 bits per heavy atom. The van der Waals surface area contributed by atoms with E-state index in [1.54, 1.807) is 12.5 Å². The SMILES string of the molecule is C[C@H](NC(=O)NCCCn1ccnc1)[C@H]1CCCO1. The van der Waals surface area contributed by atoms with Crippen LogP contribution >= 0.6 is 0 Å². The lowest BCUT2D eigenvalue weighted by Crippen LogP contribution is -2.46. The van der Waals surface area contributed by atoms with Gasteiger partial charge in [0.1, 0.15) is 0 Å². The number of amides is 2. The van der Waals surface area contributed by atoms with Crippen molar-refractivity contribution in [1.29, 1.82) is 0 Å². The first-order valence-corrected chi connectivity index (χ1v) is 6.87. The summed E-state index contributed by atoms with van der Waals surface area (Å²) in [4.78, 5) is 15.6. The zero-order chi connectivity index (χ0) is 13.5. The first-order valence-electron chi connectivity index (χ1n) is 6.87. The molecule has 2 amide bonds. The average molecular weight is 266 g/mol. The van der Waals surface area contributed by atoms with Crippen molar-refractivity contribution >= 4 is 6.03 Å². The first kappa shape index (κ1) is 13.9. The van der Waals surface area contributed by atoms with Gasteiger partial charge in [-0.05, 0) is 26.2 Å². The van der Waals surface area contributed by atoms with Crippen LogP contribution in [-0.2, 0) is 11.3 Å². The van der Waals surface area contributed by atoms with Crippen LogP contribution < -0.4 is 10.6 Å². The fourth-order valence-electron chi connectivity index (χ4n) is 2.23. The van der Waals surface area contributed by atoms with Crippen molar-refractivity contribution in [1.82, 2.24) is 20.2 Å². The summed E-state index contributed by atoms with van der Waals surface area (Å²) < 4.78 is 7.53. The topological polar surface area (TPSA) is 68.2 Å². The van der Waals surface area contributed by atoms with Crippen LogP contribution in [0, 0.1) is 0 Å². The lowest BCUT2D eigenvalue weighted by atomic mass is 10.1. The minimum absolute atomic E-state index is 0.0659. The van der Waals surface area contributed by atoms with Crippen LogP contribution in [0.1, 0.15) is 26.2 Å². The Bertz CT molecular complexity index is 374. The standard InChI is InChI=1S/C13H22N4O2/c1-11(12-4-2-9-19-12)16-13(18)15-5-3-7-17-8-6-14-10-17/h6,8,10-12H,2-5,7,9H2,1H3,(H2,15,16,18)/t11-,12+/m0/s1. The highest BCUT2D eigenvalue weighted by Gasteiger charge is 2.23. The molecule has 6 nitrogen and oxygen atoms in total. The third kappa shape index (κ3) is 4.55. The molecule has 1 saturated heterocycles. The van der Waals surface area contributed by atoms with E-state index < -0.39 is 0 Å². The molecule has 0 aliphatic carbocycles. The van der Waals surface area contributed by atoms with Gasteiger partial charge in [-0.2, -0.15) is 0 Å². The van der Waals surface area contributed by atoms with E-state index in [2.05, 4.69) is 15.6 Å². The number of carbonyl (C=O) groups excluding carboxylic acids is 1. The third-order valence-corrected chi connectivity index (χ3v) is 3.32. The van der Waals surface area contributed by atoms with Crippen molar-refractivity contribution in [2.75, 3.05) is 13.2 Å². The highest BCUT2D eigenvalue weighted by Crippen LogP contribution is 2.15. The van der Waals surface area contributed by atoms with E-state index in [0.29, 0.717) is 6.54 Å². The van der Waals surface area contributed by atoms with Crippen LogP contribution in [0.5, 0.6) is 0 Å². The highest BCUT2D eigenvalue weighted by molar-refractivity contribution is 5.74. The van der Waals surface area contributed by atoms with Gasteiger partial charge < -0.3 is 19.9 Å². The second-order valence-electron chi connectivity index (χ2n) is 4.89. The summed E-state index contributed by atoms with van der Waals surface area (Å²) in [6, 6.07) is -0.0511. The van der Waals surface area contributed by atoms with Gasteiger partial charge in [0.25, 0.3) is 0 Å². The number of carbonyl (C=O) groups is 1. The van der Waals surface area contributed by atoms with E-state index in [0.717, 1.165) is 32.4 Å². The largest absolute Gasteiger partial charge is 0.376 e. The van der Waals surface area contributed by atoms with E-state index in [1.165, 1.54) is 0 Å². The number of nitrogens with zero attached hydrogens (tertiary/aromatic N) is 2. The zero-order valence-corrected chi connectivity index (χ0v) is 11.3. The summed E-state index contributed by atoms with van der Waals surface area (Å²) in [6.45, 7) is 4.31. The molecule has 6 heteroatoms. The number of rotatable bonds is 6. The van der Waals surface area contributed by atoms with E-state index in [9.17, 15) is 4.79 Å². The summed E-state index contributed by atoms with van der Waals surface area (Å²) in [5, 5.41) is 5.78. The molecule has 2 N–H and O–H groups in total. The van der Waals surface area contributed by atoms with Crippen molar-refractivity contribution < 1.29 is 9.53 Å². The number of ether oxygens (including phenoxy) is 1. The maximum Gasteiger partial charge on any atom is 0.315 e. The van der Waals surface area contributed by atoms with Crippen molar-refractivity contribution in [3.05, 3.63) is 18.7 Å². The molecule has 1 aliphatic rings. The maximum atomic E-state index is 11.7. The summed E-state index contributed by atoms with van der Waals surface area (Å²) in [7, 11) is 0. The zero-order valence-electron chi connectivity index (χ0n) is 11.3. The lowest BCUT2D eigenvalue weighted by molar-refractivity contribution is 0.0860. The maximum absolute atomic E-state index is 11.7. The molecule has 1 aliphatic heterocycles. The van der Waals surface area contributed by atoms with Crippen molar-refractivity contribution in [3.63, 3.8) is 0 Å². The Balaban J connectivity index is 1.56. The minimum Gasteiger partial charge on any atom is -0.376 e. The Labute approximate surface area is 113 Å². The van der Waals surface area contributed by atoms with Crippen molar-refractivity contribution in [2.45, 2.75) is 44.9 Å². The van der Waals surface area contributed by atoms with Gasteiger partial charge in [0.15, 0.2) is 0 Å². The van der Waals surface area contributed by atoms with Crippen LogP contribution in [0.2, 0.25) is 0 Å². The van der Waals surface area contributed by atoms with Crippen LogP contribution in [0.15, 0.2) is 18.7 Å². The molecule has 1 aromatic heterocycles. The molecule has 2 rings (SSSR count). The average Bonchev–Trinajstić information content (AvgIpc) is 3.07. The van der Waals surface area contributed by atoms with E-state index in [4.69, 9.17) is 4.74 Å². The second kappa shape index (κ2) is 7.13. The number of nitrogens with one attached hydrogen (secondary N) is 2. The van der Waals surface area contributed by atoms with Gasteiger partial charge in [-0.15, -0.1) is 0 Å². The minimum atomic E-state index is -0.117. The Morgan fingerprint density at radius 2 is 2.53 bits per heavy atom. The molecule has 0 spiro atoms. The van der Waals surface area contributed by atoms with Crippen molar-refractivity contribution in [3.8, 4) is 0 Å². The smallest absolute Gasteiger partial charge is 0.315 e. The number of hydrogen-bond donors (Lipinski definition) is 2. The summed E-state index contributed by atoms with van der Waals surface area (Å²) >= 11 is 0. The fourth-order valence-corrected chi connectivity index (χ4v) is 2.23. The molecular weight excluding hydrogens is 244 g/mol. The molecule has 0 bridgehead atoms. The van der Waals surface area contributed by atoms with Gasteiger partial charge in [0.2, 0.25) is 0 Å². The highest BCUT2D eigenvalue weighted by atomic mass is 16.5. The molecule has 0 unspecified atom stereocenters. The molecule has 2 heterocycles. The van der Waals surface area contributed by atoms with Crippen LogP contribution in [-0.4, -0.2) is 40.9 Å². The molecule has 19 heavy (non-hydrogen) atoms. The van der Waals surface area contributed by atoms with Crippen LogP contribution in [0.3, 0.4) is 0 Å². The third-order valence-electron chi connectivity index (χ3n) is 3.32. The van der Waals surface area contributed by atoms with Gasteiger partial charge in [0, 0.05) is 32.1 Å². The predicted octanol–water partition coefficient (Wildman–Crippen LogP) is 1.14. The first-order chi connectivity index (χ1) is 9.25. The van der Waals surface area contributed by atoms with Crippen molar-refractivity contribution in [2.24, 2.45) is 0 Å². The number of imidazole rings is 1. The Kier molecular flexibility index (Phi) is 5.20. The Morgan fingerprint density at radius 3 is 3.21 bits per heavy atom. The number of urea groups is 1. The normalized spacial score (nSPS) is 20.2. The molecule has 0 radical (unpaired) electrons. The van der Waals surface area contributed by atoms with Gasteiger partial charge in [-0.3, -0.25) is 0 Å². The predicted molar refractivity (Wildman–Crippen MR) is 71.8 cm³/mol. The van der Waals surface area contributed by atoms with E-state index in [1.807, 2.05) is 17.7 Å². The quantitative estimate of drug-likeness (QED) is 0.759.